The molecule has 0 saturated carbocycles. The van der Waals surface area contributed by atoms with Crippen molar-refractivity contribution in [3.8, 4) is 11.5 Å². The predicted octanol–water partition coefficient (Wildman–Crippen LogP) is 5.24. The van der Waals surface area contributed by atoms with Gasteiger partial charge in [-0.3, -0.25) is 9.80 Å². The number of anilines is 2. The van der Waals surface area contributed by atoms with Gasteiger partial charge in [0.25, 0.3) is 0 Å². The van der Waals surface area contributed by atoms with E-state index in [4.69, 9.17) is 9.47 Å². The Morgan fingerprint density at radius 1 is 1.11 bits per heavy atom. The number of nitrogens with zero attached hydrogens (tertiary/aromatic N) is 3. The Labute approximate surface area is 210 Å². The quantitative estimate of drug-likeness (QED) is 0.497. The zero-order valence-corrected chi connectivity index (χ0v) is 20.1. The minimum absolute atomic E-state index is 0.120. The summed E-state index contributed by atoms with van der Waals surface area (Å²) in [6.07, 6.45) is -4.31. The Kier molecular flexibility index (Phi) is 7.47. The molecule has 200 valence electrons. The van der Waals surface area contributed by atoms with Crippen LogP contribution < -0.4 is 19.4 Å². The molecule has 37 heavy (non-hydrogen) atoms. The molecular weight excluding hydrogens is 501 g/mol. The Morgan fingerprint density at radius 3 is 2.32 bits per heavy atom. The number of halogens is 5. The summed E-state index contributed by atoms with van der Waals surface area (Å²) in [7, 11) is 1.38. The predicted molar refractivity (Wildman–Crippen MR) is 126 cm³/mol. The molecule has 0 radical (unpaired) electrons. The van der Waals surface area contributed by atoms with Crippen LogP contribution in [-0.2, 0) is 4.79 Å². The van der Waals surface area contributed by atoms with Gasteiger partial charge in [-0.25, -0.2) is 8.78 Å². The fourth-order valence-corrected chi connectivity index (χ4v) is 4.66. The number of rotatable bonds is 7. The Hall–Kier alpha value is -3.57. The maximum atomic E-state index is 14.3. The molecule has 0 spiro atoms. The number of ether oxygens (including phenoxy) is 2. The normalized spacial score (nSPS) is 20.7. The van der Waals surface area contributed by atoms with E-state index in [1.807, 2.05) is 0 Å². The first-order valence-corrected chi connectivity index (χ1v) is 11.7. The van der Waals surface area contributed by atoms with E-state index in [1.165, 1.54) is 32.2 Å². The third kappa shape index (κ3) is 5.72. The van der Waals surface area contributed by atoms with Crippen molar-refractivity contribution in [3.63, 3.8) is 0 Å². The number of hydrogen-bond donors (Lipinski definition) is 1. The van der Waals surface area contributed by atoms with Crippen LogP contribution in [0, 0.1) is 17.6 Å². The van der Waals surface area contributed by atoms with Gasteiger partial charge in [0.2, 0.25) is 0 Å². The number of carboxylic acids is 1. The molecule has 2 atom stereocenters. The van der Waals surface area contributed by atoms with Gasteiger partial charge in [-0.1, -0.05) is 6.92 Å². The third-order valence-electron chi connectivity index (χ3n) is 6.62. The Balaban J connectivity index is 1.41. The average Bonchev–Trinajstić information content (AvgIpc) is 3.17. The van der Waals surface area contributed by atoms with Crippen LogP contribution in [0.4, 0.5) is 33.3 Å². The van der Waals surface area contributed by atoms with Gasteiger partial charge >= 0.3 is 12.1 Å². The number of aliphatic carboxylic acids is 1. The highest BCUT2D eigenvalue weighted by atomic mass is 19.4. The lowest BCUT2D eigenvalue weighted by molar-refractivity contribution is -0.137. The van der Waals surface area contributed by atoms with Crippen LogP contribution in [0.25, 0.3) is 0 Å². The van der Waals surface area contributed by atoms with E-state index in [9.17, 15) is 31.9 Å². The number of carbonyl (C=O) groups is 1. The number of carboxylic acid groups (broad SMARTS) is 1. The van der Waals surface area contributed by atoms with Gasteiger partial charge in [-0.05, 0) is 24.3 Å². The minimum atomic E-state index is -4.66. The molecule has 2 unspecified atom stereocenters. The third-order valence-corrected chi connectivity index (χ3v) is 6.62. The summed E-state index contributed by atoms with van der Waals surface area (Å²) in [6.45, 7) is 2.16. The van der Waals surface area contributed by atoms with Crippen molar-refractivity contribution < 1.29 is 41.3 Å². The van der Waals surface area contributed by atoms with E-state index in [1.54, 1.807) is 17.0 Å². The molecule has 2 aliphatic rings. The van der Waals surface area contributed by atoms with Crippen LogP contribution in [0.15, 0.2) is 41.5 Å². The van der Waals surface area contributed by atoms with Crippen molar-refractivity contribution >= 4 is 23.1 Å². The van der Waals surface area contributed by atoms with Crippen LogP contribution in [0.1, 0.15) is 26.2 Å². The molecule has 0 aromatic heterocycles. The van der Waals surface area contributed by atoms with Gasteiger partial charge in [0, 0.05) is 44.0 Å². The fraction of sp³-hybridized carbons (Fsp3) is 0.440. The fourth-order valence-electron chi connectivity index (χ4n) is 4.66. The standard InChI is InChI=1S/C25H26F5N3O4/c1-14-20(13-22(34)35)33(31-24(14)25(28,29)30)15-3-5-16(6-4-15)37-17-7-9-32(10-8-17)21-12-18(36-2)11-19(26)23(21)27/h3-6,11-12,14,17,20H,7-10,13H2,1-2H3,(H,34,35). The molecule has 4 rings (SSSR count). The van der Waals surface area contributed by atoms with Gasteiger partial charge in [0.05, 0.1) is 30.9 Å². The number of methoxy groups -OCH3 is 1. The summed E-state index contributed by atoms with van der Waals surface area (Å²) < 4.78 is 79.3. The first-order valence-electron chi connectivity index (χ1n) is 11.7. The lowest BCUT2D eigenvalue weighted by Gasteiger charge is -2.34. The summed E-state index contributed by atoms with van der Waals surface area (Å²) in [6, 6.07) is 7.69. The monoisotopic (exact) mass is 527 g/mol. The molecule has 7 nitrogen and oxygen atoms in total. The van der Waals surface area contributed by atoms with Crippen LogP contribution in [0.3, 0.4) is 0 Å². The first kappa shape index (κ1) is 26.5. The van der Waals surface area contributed by atoms with E-state index in [0.29, 0.717) is 37.4 Å². The van der Waals surface area contributed by atoms with Gasteiger partial charge in [0.15, 0.2) is 11.6 Å². The largest absolute Gasteiger partial charge is 0.497 e. The van der Waals surface area contributed by atoms with Crippen LogP contribution in [0.5, 0.6) is 11.5 Å². The molecule has 2 aromatic rings. The molecule has 2 aliphatic heterocycles. The molecule has 0 amide bonds. The van der Waals surface area contributed by atoms with Crippen molar-refractivity contribution in [2.24, 2.45) is 11.0 Å². The number of alkyl halides is 3. The highest BCUT2D eigenvalue weighted by Gasteiger charge is 2.48. The van der Waals surface area contributed by atoms with Crippen molar-refractivity contribution in [2.45, 2.75) is 44.5 Å². The summed E-state index contributed by atoms with van der Waals surface area (Å²) in [5.41, 5.74) is -0.581. The molecule has 2 heterocycles. The van der Waals surface area contributed by atoms with Crippen molar-refractivity contribution in [3.05, 3.63) is 48.0 Å². The number of benzene rings is 2. The number of hydrazone groups is 1. The zero-order valence-electron chi connectivity index (χ0n) is 20.1. The Bertz CT molecular complexity index is 1160. The van der Waals surface area contributed by atoms with Crippen LogP contribution in [0.2, 0.25) is 0 Å². The van der Waals surface area contributed by atoms with Crippen molar-refractivity contribution in [1.82, 2.24) is 0 Å². The minimum Gasteiger partial charge on any atom is -0.497 e. The lowest BCUT2D eigenvalue weighted by atomic mass is 9.94. The maximum Gasteiger partial charge on any atom is 0.431 e. The SMILES string of the molecule is COc1cc(F)c(F)c(N2CCC(Oc3ccc(N4N=C(C(F)(F)F)C(C)C4CC(=O)O)cc3)CC2)c1. The Morgan fingerprint density at radius 2 is 1.76 bits per heavy atom. The molecule has 0 bridgehead atoms. The zero-order chi connectivity index (χ0) is 26.9. The van der Waals surface area contributed by atoms with E-state index in [2.05, 4.69) is 5.10 Å². The van der Waals surface area contributed by atoms with Gasteiger partial charge in [-0.2, -0.15) is 18.3 Å². The summed E-state index contributed by atoms with van der Waals surface area (Å²) in [5.74, 6) is -3.56. The lowest BCUT2D eigenvalue weighted by Crippen LogP contribution is -2.38. The van der Waals surface area contributed by atoms with Gasteiger partial charge in [0.1, 0.15) is 23.3 Å². The van der Waals surface area contributed by atoms with Crippen molar-refractivity contribution in [2.75, 3.05) is 30.1 Å². The summed E-state index contributed by atoms with van der Waals surface area (Å²) in [5, 5.41) is 14.0. The second-order valence-corrected chi connectivity index (χ2v) is 9.02. The molecule has 2 aromatic carbocycles. The number of piperidine rings is 1. The van der Waals surface area contributed by atoms with Gasteiger partial charge in [-0.15, -0.1) is 0 Å². The molecule has 1 fully saturated rings. The maximum absolute atomic E-state index is 14.3. The van der Waals surface area contributed by atoms with E-state index < -0.39 is 47.9 Å². The number of hydrogen-bond acceptors (Lipinski definition) is 6. The molecular formula is C25H26F5N3O4. The van der Waals surface area contributed by atoms with Crippen LogP contribution >= 0.6 is 0 Å². The topological polar surface area (TPSA) is 74.6 Å². The smallest absolute Gasteiger partial charge is 0.431 e. The van der Waals surface area contributed by atoms with E-state index >= 15 is 0 Å². The molecule has 1 N–H and O–H groups in total. The van der Waals surface area contributed by atoms with Gasteiger partial charge < -0.3 is 19.5 Å². The van der Waals surface area contributed by atoms with E-state index in [-0.39, 0.29) is 17.5 Å². The molecule has 0 aliphatic carbocycles. The molecule has 1 saturated heterocycles. The highest BCUT2D eigenvalue weighted by molar-refractivity contribution is 5.95. The second kappa shape index (κ2) is 10.4. The second-order valence-electron chi connectivity index (χ2n) is 9.02. The van der Waals surface area contributed by atoms with Crippen LogP contribution in [-0.4, -0.2) is 55.3 Å². The first-order chi connectivity index (χ1) is 17.5. The van der Waals surface area contributed by atoms with Crippen molar-refractivity contribution in [1.29, 1.82) is 0 Å². The highest BCUT2D eigenvalue weighted by Crippen LogP contribution is 2.37. The van der Waals surface area contributed by atoms with E-state index in [0.717, 1.165) is 11.1 Å². The summed E-state index contributed by atoms with van der Waals surface area (Å²) in [4.78, 5) is 13.0. The molecule has 12 heteroatoms. The average molecular weight is 527 g/mol. The summed E-state index contributed by atoms with van der Waals surface area (Å²) >= 11 is 0.